The molecule has 6 heteroatoms. The fourth-order valence-corrected chi connectivity index (χ4v) is 2.44. The second-order valence-electron chi connectivity index (χ2n) is 4.74. The molecule has 3 N–H and O–H groups in total. The lowest BCUT2D eigenvalue weighted by Gasteiger charge is -2.14. The number of carbonyl (C=O) groups excluding carboxylic acids is 1. The number of hydrogen-bond acceptors (Lipinski definition) is 3. The van der Waals surface area contributed by atoms with Crippen LogP contribution in [0.2, 0.25) is 0 Å². The van der Waals surface area contributed by atoms with Crippen molar-refractivity contribution in [2.75, 3.05) is 5.73 Å². The second kappa shape index (κ2) is 5.66. The molecular weight excluding hydrogens is 320 g/mol. The second-order valence-corrected chi connectivity index (χ2v) is 5.60. The third-order valence-corrected chi connectivity index (χ3v) is 4.01. The molecular formula is C14H17BrN4O. The maximum atomic E-state index is 12.3. The molecule has 1 unspecified atom stereocenters. The lowest BCUT2D eigenvalue weighted by Crippen LogP contribution is -2.27. The quantitative estimate of drug-likeness (QED) is 0.846. The average molecular weight is 337 g/mol. The molecule has 0 saturated carbocycles. The molecule has 0 radical (unpaired) electrons. The summed E-state index contributed by atoms with van der Waals surface area (Å²) in [5.41, 5.74) is 8.84. The van der Waals surface area contributed by atoms with Gasteiger partial charge in [-0.2, -0.15) is 5.10 Å². The number of aromatic nitrogens is 2. The first-order valence-corrected chi connectivity index (χ1v) is 7.04. The predicted octanol–water partition coefficient (Wildman–Crippen LogP) is 2.56. The molecule has 0 spiro atoms. The Hall–Kier alpha value is -1.82. The first-order chi connectivity index (χ1) is 9.40. The average Bonchev–Trinajstić information content (AvgIpc) is 2.73. The van der Waals surface area contributed by atoms with E-state index in [2.05, 4.69) is 26.3 Å². The molecule has 0 aliphatic rings. The fraction of sp³-hybridized carbons (Fsp3) is 0.286. The van der Waals surface area contributed by atoms with E-state index in [9.17, 15) is 4.79 Å². The summed E-state index contributed by atoms with van der Waals surface area (Å²) in [6.45, 7) is 3.91. The van der Waals surface area contributed by atoms with Gasteiger partial charge in [-0.3, -0.25) is 9.48 Å². The van der Waals surface area contributed by atoms with Gasteiger partial charge in [0.2, 0.25) is 0 Å². The fourth-order valence-electron chi connectivity index (χ4n) is 2.01. The summed E-state index contributed by atoms with van der Waals surface area (Å²) in [6, 6.07) is 5.05. The minimum atomic E-state index is -0.167. The number of nitrogen functional groups attached to an aromatic ring is 1. The van der Waals surface area contributed by atoms with Crippen LogP contribution in [-0.4, -0.2) is 15.7 Å². The topological polar surface area (TPSA) is 72.9 Å². The minimum absolute atomic E-state index is 0.121. The Kier molecular flexibility index (Phi) is 4.13. The van der Waals surface area contributed by atoms with Gasteiger partial charge in [-0.25, -0.2) is 0 Å². The zero-order chi connectivity index (χ0) is 14.9. The van der Waals surface area contributed by atoms with Crippen molar-refractivity contribution >= 4 is 27.5 Å². The summed E-state index contributed by atoms with van der Waals surface area (Å²) in [5, 5.41) is 7.14. The van der Waals surface area contributed by atoms with Crippen molar-refractivity contribution in [3.05, 3.63) is 45.7 Å². The number of benzene rings is 1. The number of carbonyl (C=O) groups is 1. The van der Waals surface area contributed by atoms with Crippen LogP contribution in [0.4, 0.5) is 5.69 Å². The van der Waals surface area contributed by atoms with Gasteiger partial charge in [-0.05, 0) is 48.0 Å². The largest absolute Gasteiger partial charge is 0.399 e. The van der Waals surface area contributed by atoms with Gasteiger partial charge < -0.3 is 11.1 Å². The molecule has 0 bridgehead atoms. The highest BCUT2D eigenvalue weighted by molar-refractivity contribution is 9.10. The lowest BCUT2D eigenvalue weighted by atomic mass is 10.1. The van der Waals surface area contributed by atoms with Gasteiger partial charge in [-0.1, -0.05) is 0 Å². The van der Waals surface area contributed by atoms with E-state index in [0.29, 0.717) is 11.3 Å². The summed E-state index contributed by atoms with van der Waals surface area (Å²) in [5.74, 6) is -0.167. The standard InChI is InChI=1S/C14H17BrN4O/c1-8(12-7-17-19(3)9(12)2)18-14(20)11-6-10(16)4-5-13(11)15/h4-8H,16H2,1-3H3,(H,18,20). The molecule has 0 fully saturated rings. The Morgan fingerprint density at radius 2 is 2.20 bits per heavy atom. The van der Waals surface area contributed by atoms with Crippen LogP contribution in [-0.2, 0) is 7.05 Å². The van der Waals surface area contributed by atoms with Crippen LogP contribution >= 0.6 is 15.9 Å². The highest BCUT2D eigenvalue weighted by Gasteiger charge is 2.17. The van der Waals surface area contributed by atoms with Crippen molar-refractivity contribution in [2.24, 2.45) is 7.05 Å². The monoisotopic (exact) mass is 336 g/mol. The molecule has 1 atom stereocenters. The SMILES string of the molecule is Cc1c(C(C)NC(=O)c2cc(N)ccc2Br)cnn1C. The molecule has 2 rings (SSSR count). The minimum Gasteiger partial charge on any atom is -0.399 e. The van der Waals surface area contributed by atoms with Crippen molar-refractivity contribution in [1.82, 2.24) is 15.1 Å². The van der Waals surface area contributed by atoms with Crippen LogP contribution in [0.5, 0.6) is 0 Å². The molecule has 0 aliphatic heterocycles. The van der Waals surface area contributed by atoms with Gasteiger partial charge in [0.1, 0.15) is 0 Å². The Morgan fingerprint density at radius 1 is 1.50 bits per heavy atom. The first kappa shape index (κ1) is 14.6. The molecule has 1 aromatic heterocycles. The number of halogens is 1. The van der Waals surface area contributed by atoms with Crippen molar-refractivity contribution in [3.8, 4) is 0 Å². The van der Waals surface area contributed by atoms with E-state index in [4.69, 9.17) is 5.73 Å². The van der Waals surface area contributed by atoms with E-state index in [1.54, 1.807) is 29.1 Å². The van der Waals surface area contributed by atoms with Gasteiger partial charge in [0.25, 0.3) is 5.91 Å². The van der Waals surface area contributed by atoms with Crippen molar-refractivity contribution < 1.29 is 4.79 Å². The van der Waals surface area contributed by atoms with Gasteiger partial charge in [0, 0.05) is 28.5 Å². The highest BCUT2D eigenvalue weighted by atomic mass is 79.9. The van der Waals surface area contributed by atoms with Crippen LogP contribution in [0.15, 0.2) is 28.9 Å². The number of aryl methyl sites for hydroxylation is 1. The molecule has 1 aromatic carbocycles. The molecule has 0 aliphatic carbocycles. The first-order valence-electron chi connectivity index (χ1n) is 6.24. The molecule has 5 nitrogen and oxygen atoms in total. The van der Waals surface area contributed by atoms with Gasteiger partial charge in [0.05, 0.1) is 17.8 Å². The molecule has 1 amide bonds. The Bertz CT molecular complexity index is 651. The third-order valence-electron chi connectivity index (χ3n) is 3.32. The molecule has 1 heterocycles. The van der Waals surface area contributed by atoms with Crippen LogP contribution in [0, 0.1) is 6.92 Å². The maximum Gasteiger partial charge on any atom is 0.252 e. The van der Waals surface area contributed by atoms with Gasteiger partial charge >= 0.3 is 0 Å². The smallest absolute Gasteiger partial charge is 0.252 e. The normalized spacial score (nSPS) is 12.2. The van der Waals surface area contributed by atoms with Crippen LogP contribution in [0.1, 0.15) is 34.6 Å². The van der Waals surface area contributed by atoms with Crippen molar-refractivity contribution in [1.29, 1.82) is 0 Å². The highest BCUT2D eigenvalue weighted by Crippen LogP contribution is 2.21. The summed E-state index contributed by atoms with van der Waals surface area (Å²) < 4.78 is 2.51. The van der Waals surface area contributed by atoms with E-state index < -0.39 is 0 Å². The zero-order valence-electron chi connectivity index (χ0n) is 11.6. The Morgan fingerprint density at radius 3 is 2.80 bits per heavy atom. The number of nitrogens with one attached hydrogen (secondary N) is 1. The van der Waals surface area contributed by atoms with E-state index in [0.717, 1.165) is 15.7 Å². The number of nitrogens with zero attached hydrogens (tertiary/aromatic N) is 2. The lowest BCUT2D eigenvalue weighted by molar-refractivity contribution is 0.0939. The van der Waals surface area contributed by atoms with Crippen LogP contribution < -0.4 is 11.1 Å². The Labute approximate surface area is 126 Å². The van der Waals surface area contributed by atoms with E-state index in [1.807, 2.05) is 20.9 Å². The predicted molar refractivity (Wildman–Crippen MR) is 82.4 cm³/mol. The van der Waals surface area contributed by atoms with Crippen LogP contribution in [0.25, 0.3) is 0 Å². The molecule has 20 heavy (non-hydrogen) atoms. The van der Waals surface area contributed by atoms with Gasteiger partial charge in [0.15, 0.2) is 0 Å². The van der Waals surface area contributed by atoms with Crippen molar-refractivity contribution in [3.63, 3.8) is 0 Å². The number of anilines is 1. The summed E-state index contributed by atoms with van der Waals surface area (Å²) in [4.78, 5) is 12.3. The molecule has 0 saturated heterocycles. The number of rotatable bonds is 3. The van der Waals surface area contributed by atoms with E-state index in [-0.39, 0.29) is 11.9 Å². The number of hydrogen-bond donors (Lipinski definition) is 2. The van der Waals surface area contributed by atoms with E-state index >= 15 is 0 Å². The summed E-state index contributed by atoms with van der Waals surface area (Å²) in [7, 11) is 1.88. The van der Waals surface area contributed by atoms with Gasteiger partial charge in [-0.15, -0.1) is 0 Å². The zero-order valence-corrected chi connectivity index (χ0v) is 13.2. The summed E-state index contributed by atoms with van der Waals surface area (Å²) in [6.07, 6.45) is 1.77. The molecule has 2 aromatic rings. The molecule has 106 valence electrons. The van der Waals surface area contributed by atoms with Crippen LogP contribution in [0.3, 0.4) is 0 Å². The summed E-state index contributed by atoms with van der Waals surface area (Å²) >= 11 is 3.36. The number of amides is 1. The third kappa shape index (κ3) is 2.85. The number of nitrogens with two attached hydrogens (primary N) is 1. The van der Waals surface area contributed by atoms with E-state index in [1.165, 1.54) is 0 Å². The van der Waals surface area contributed by atoms with Crippen molar-refractivity contribution in [2.45, 2.75) is 19.9 Å². The maximum absolute atomic E-state index is 12.3. The Balaban J connectivity index is 2.19.